The van der Waals surface area contributed by atoms with Crippen LogP contribution >= 0.6 is 0 Å². The van der Waals surface area contributed by atoms with Gasteiger partial charge in [-0.3, -0.25) is 4.79 Å². The first-order valence-electron chi connectivity index (χ1n) is 8.97. The van der Waals surface area contributed by atoms with E-state index in [9.17, 15) is 9.59 Å². The van der Waals surface area contributed by atoms with Gasteiger partial charge in [-0.1, -0.05) is 19.1 Å². The van der Waals surface area contributed by atoms with E-state index in [0.29, 0.717) is 13.1 Å². The van der Waals surface area contributed by atoms with Crippen molar-refractivity contribution in [3.63, 3.8) is 0 Å². The molecule has 1 unspecified atom stereocenters. The summed E-state index contributed by atoms with van der Waals surface area (Å²) in [6.45, 7) is 6.29. The summed E-state index contributed by atoms with van der Waals surface area (Å²) in [5, 5.41) is 2.96. The van der Waals surface area contributed by atoms with E-state index in [1.54, 1.807) is 18.9 Å². The van der Waals surface area contributed by atoms with E-state index in [0.717, 1.165) is 43.7 Å². The average molecular weight is 347 g/mol. The van der Waals surface area contributed by atoms with Crippen molar-refractivity contribution in [1.29, 1.82) is 0 Å². The van der Waals surface area contributed by atoms with E-state index in [1.165, 1.54) is 0 Å². The lowest BCUT2D eigenvalue weighted by atomic mass is 10.1. The second kappa shape index (κ2) is 9.42. The zero-order chi connectivity index (χ0) is 18.2. The van der Waals surface area contributed by atoms with E-state index in [2.05, 4.69) is 12.2 Å². The van der Waals surface area contributed by atoms with Crippen molar-refractivity contribution >= 4 is 17.6 Å². The highest BCUT2D eigenvalue weighted by molar-refractivity contribution is 5.89. The Balaban J connectivity index is 1.92. The van der Waals surface area contributed by atoms with Gasteiger partial charge in [0.15, 0.2) is 0 Å². The lowest BCUT2D eigenvalue weighted by Crippen LogP contribution is -2.45. The van der Waals surface area contributed by atoms with Gasteiger partial charge in [0, 0.05) is 45.9 Å². The third-order valence-electron chi connectivity index (χ3n) is 4.36. The van der Waals surface area contributed by atoms with Crippen LogP contribution < -0.4 is 5.32 Å². The van der Waals surface area contributed by atoms with E-state index < -0.39 is 0 Å². The molecule has 2 rings (SSSR count). The largest absolute Gasteiger partial charge is 0.376 e. The second-order valence-electron chi connectivity index (χ2n) is 6.59. The van der Waals surface area contributed by atoms with Gasteiger partial charge < -0.3 is 19.9 Å². The maximum absolute atomic E-state index is 12.5. The molecule has 1 saturated heterocycles. The predicted octanol–water partition coefficient (Wildman–Crippen LogP) is 3.09. The van der Waals surface area contributed by atoms with E-state index >= 15 is 0 Å². The Morgan fingerprint density at radius 1 is 1.40 bits per heavy atom. The van der Waals surface area contributed by atoms with Crippen molar-refractivity contribution in [3.05, 3.63) is 29.8 Å². The molecular weight excluding hydrogens is 318 g/mol. The number of amides is 3. The first-order valence-corrected chi connectivity index (χ1v) is 8.97. The van der Waals surface area contributed by atoms with Crippen LogP contribution in [-0.2, 0) is 16.1 Å². The lowest BCUT2D eigenvalue weighted by molar-refractivity contribution is -0.128. The number of anilines is 1. The Bertz CT molecular complexity index is 591. The Morgan fingerprint density at radius 2 is 2.20 bits per heavy atom. The summed E-state index contributed by atoms with van der Waals surface area (Å²) >= 11 is 0. The molecule has 0 saturated carbocycles. The molecule has 6 nitrogen and oxygen atoms in total. The Hall–Kier alpha value is -2.08. The van der Waals surface area contributed by atoms with Gasteiger partial charge in [0.05, 0.1) is 6.10 Å². The van der Waals surface area contributed by atoms with Gasteiger partial charge in [-0.15, -0.1) is 0 Å². The predicted molar refractivity (Wildman–Crippen MR) is 98.4 cm³/mol. The minimum atomic E-state index is -0.0955. The molecule has 1 heterocycles. The van der Waals surface area contributed by atoms with Crippen molar-refractivity contribution in [2.45, 2.75) is 45.8 Å². The molecule has 1 fully saturated rings. The van der Waals surface area contributed by atoms with Crippen molar-refractivity contribution < 1.29 is 14.3 Å². The smallest absolute Gasteiger partial charge is 0.321 e. The zero-order valence-electron chi connectivity index (χ0n) is 15.5. The molecule has 1 N–H and O–H groups in total. The number of hydrogen-bond donors (Lipinski definition) is 1. The third kappa shape index (κ3) is 6.05. The van der Waals surface area contributed by atoms with Crippen LogP contribution in [0.2, 0.25) is 0 Å². The molecule has 6 heteroatoms. The van der Waals surface area contributed by atoms with Crippen molar-refractivity contribution in [2.24, 2.45) is 0 Å². The van der Waals surface area contributed by atoms with Crippen LogP contribution in [0, 0.1) is 0 Å². The molecule has 3 amide bonds. The molecule has 0 bridgehead atoms. The summed E-state index contributed by atoms with van der Waals surface area (Å²) in [6.07, 6.45) is 3.10. The summed E-state index contributed by atoms with van der Waals surface area (Å²) in [5.74, 6) is 0.0147. The van der Waals surface area contributed by atoms with Gasteiger partial charge in [-0.2, -0.15) is 0 Å². The van der Waals surface area contributed by atoms with Gasteiger partial charge >= 0.3 is 6.03 Å². The first-order chi connectivity index (χ1) is 12.0. The van der Waals surface area contributed by atoms with E-state index in [4.69, 9.17) is 4.74 Å². The number of urea groups is 1. The quantitative estimate of drug-likeness (QED) is 0.860. The van der Waals surface area contributed by atoms with Crippen LogP contribution in [0.1, 0.15) is 38.7 Å². The monoisotopic (exact) mass is 347 g/mol. The molecule has 1 aliphatic heterocycles. The number of piperidine rings is 1. The van der Waals surface area contributed by atoms with Crippen molar-refractivity contribution in [2.75, 3.05) is 32.1 Å². The zero-order valence-corrected chi connectivity index (χ0v) is 15.5. The van der Waals surface area contributed by atoms with Crippen molar-refractivity contribution in [1.82, 2.24) is 9.80 Å². The fourth-order valence-electron chi connectivity index (χ4n) is 2.88. The number of hydrogen-bond acceptors (Lipinski definition) is 3. The van der Waals surface area contributed by atoms with E-state index in [-0.39, 0.29) is 18.0 Å². The first kappa shape index (κ1) is 19.2. The summed E-state index contributed by atoms with van der Waals surface area (Å²) in [5.41, 5.74) is 1.73. The number of nitrogens with one attached hydrogen (secondary N) is 1. The van der Waals surface area contributed by atoms with Gasteiger partial charge in [-0.25, -0.2) is 4.79 Å². The summed E-state index contributed by atoms with van der Waals surface area (Å²) in [6, 6.07) is 7.52. The number of carbonyl (C=O) groups excluding carboxylic acids is 2. The molecule has 0 spiro atoms. The number of nitrogens with zero attached hydrogens (tertiary/aromatic N) is 2. The maximum atomic E-state index is 12.5. The lowest BCUT2D eigenvalue weighted by Gasteiger charge is -2.32. The standard InChI is InChI=1S/C19H29N3O3/c1-4-11-25-18-9-6-10-22(14-18)19(24)20-17-8-5-7-16(12-17)13-21(3)15(2)23/h5,7-8,12,18H,4,6,9-11,13-14H2,1-3H3,(H,20,24). The fourth-order valence-corrected chi connectivity index (χ4v) is 2.88. The Labute approximate surface area is 150 Å². The highest BCUT2D eigenvalue weighted by Crippen LogP contribution is 2.17. The summed E-state index contributed by atoms with van der Waals surface area (Å²) < 4.78 is 5.79. The van der Waals surface area contributed by atoms with E-state index in [1.807, 2.05) is 29.2 Å². The second-order valence-corrected chi connectivity index (χ2v) is 6.59. The molecule has 1 aromatic rings. The fraction of sp³-hybridized carbons (Fsp3) is 0.579. The highest BCUT2D eigenvalue weighted by atomic mass is 16.5. The van der Waals surface area contributed by atoms with Crippen LogP contribution in [0.4, 0.5) is 10.5 Å². The number of carbonyl (C=O) groups is 2. The third-order valence-corrected chi connectivity index (χ3v) is 4.36. The van der Waals surface area contributed by atoms with Gasteiger partial charge in [0.2, 0.25) is 5.91 Å². The summed E-state index contributed by atoms with van der Waals surface area (Å²) in [4.78, 5) is 27.3. The maximum Gasteiger partial charge on any atom is 0.321 e. The van der Waals surface area contributed by atoms with Crippen LogP contribution in [0.15, 0.2) is 24.3 Å². The average Bonchev–Trinajstić information content (AvgIpc) is 2.60. The van der Waals surface area contributed by atoms with Gasteiger partial charge in [-0.05, 0) is 37.0 Å². The SMILES string of the molecule is CCCOC1CCCN(C(=O)Nc2cccc(CN(C)C(C)=O)c2)C1. The van der Waals surface area contributed by atoms with Gasteiger partial charge in [0.25, 0.3) is 0 Å². The molecule has 0 aliphatic carbocycles. The topological polar surface area (TPSA) is 61.9 Å². The van der Waals surface area contributed by atoms with Crippen LogP contribution in [-0.4, -0.2) is 54.6 Å². The molecule has 25 heavy (non-hydrogen) atoms. The van der Waals surface area contributed by atoms with Crippen LogP contribution in [0.25, 0.3) is 0 Å². The number of benzene rings is 1. The minimum Gasteiger partial charge on any atom is -0.376 e. The Kier molecular flexibility index (Phi) is 7.25. The minimum absolute atomic E-state index is 0.0147. The molecule has 1 atom stereocenters. The molecular formula is C19H29N3O3. The van der Waals surface area contributed by atoms with Crippen molar-refractivity contribution in [3.8, 4) is 0 Å². The highest BCUT2D eigenvalue weighted by Gasteiger charge is 2.24. The molecule has 1 aromatic carbocycles. The summed E-state index contributed by atoms with van der Waals surface area (Å²) in [7, 11) is 1.76. The van der Waals surface area contributed by atoms with Gasteiger partial charge in [0.1, 0.15) is 0 Å². The number of rotatable bonds is 6. The van der Waals surface area contributed by atoms with Crippen LogP contribution in [0.3, 0.4) is 0 Å². The molecule has 0 aromatic heterocycles. The normalized spacial score (nSPS) is 17.2. The number of ether oxygens (including phenoxy) is 1. The molecule has 138 valence electrons. The molecule has 0 radical (unpaired) electrons. The Morgan fingerprint density at radius 3 is 2.92 bits per heavy atom. The molecule has 1 aliphatic rings. The van der Waals surface area contributed by atoms with Crippen LogP contribution in [0.5, 0.6) is 0 Å². The number of likely N-dealkylation sites (tertiary alicyclic amines) is 1.